The SMILES string of the molecule is CCOC(=O)C(C(=O)OCC)(C(=O)OCC)c1ccc(OC)cc1. The monoisotopic (exact) mass is 338 g/mol. The fourth-order valence-corrected chi connectivity index (χ4v) is 2.16. The van der Waals surface area contributed by atoms with Gasteiger partial charge in [-0.1, -0.05) is 12.1 Å². The predicted molar refractivity (Wildman–Crippen MR) is 84.6 cm³/mol. The summed E-state index contributed by atoms with van der Waals surface area (Å²) in [6.45, 7) is 4.72. The number of carbonyl (C=O) groups excluding carboxylic acids is 3. The summed E-state index contributed by atoms with van der Waals surface area (Å²) in [5.74, 6) is -2.60. The van der Waals surface area contributed by atoms with Gasteiger partial charge in [0.15, 0.2) is 0 Å². The standard InChI is InChI=1S/C17H22O7/c1-5-22-14(18)17(15(19)23-6-2,16(20)24-7-3)12-8-10-13(21-4)11-9-12/h8-11H,5-7H2,1-4H3. The van der Waals surface area contributed by atoms with E-state index in [9.17, 15) is 14.4 Å². The smallest absolute Gasteiger partial charge is 0.339 e. The van der Waals surface area contributed by atoms with Crippen molar-refractivity contribution in [3.05, 3.63) is 29.8 Å². The van der Waals surface area contributed by atoms with Crippen LogP contribution in [0.25, 0.3) is 0 Å². The summed E-state index contributed by atoms with van der Waals surface area (Å²) in [7, 11) is 1.48. The molecule has 7 heteroatoms. The van der Waals surface area contributed by atoms with Gasteiger partial charge in [-0.05, 0) is 38.5 Å². The summed E-state index contributed by atoms with van der Waals surface area (Å²) in [5, 5.41) is 0. The molecule has 0 saturated carbocycles. The molecule has 0 fully saturated rings. The van der Waals surface area contributed by atoms with Crippen LogP contribution in [0.5, 0.6) is 5.75 Å². The van der Waals surface area contributed by atoms with E-state index in [0.29, 0.717) is 5.75 Å². The molecule has 1 rings (SSSR count). The Labute approximate surface area is 140 Å². The minimum absolute atomic E-state index is 0.00442. The Morgan fingerprint density at radius 3 is 1.46 bits per heavy atom. The first-order valence-electron chi connectivity index (χ1n) is 7.65. The Kier molecular flexibility index (Phi) is 7.23. The molecule has 24 heavy (non-hydrogen) atoms. The molecule has 0 radical (unpaired) electrons. The van der Waals surface area contributed by atoms with Gasteiger partial charge in [0.25, 0.3) is 5.41 Å². The third kappa shape index (κ3) is 3.67. The second kappa shape index (κ2) is 8.90. The molecule has 132 valence electrons. The van der Waals surface area contributed by atoms with Crippen molar-refractivity contribution >= 4 is 17.9 Å². The van der Waals surface area contributed by atoms with Gasteiger partial charge < -0.3 is 18.9 Å². The molecular weight excluding hydrogens is 316 g/mol. The fraction of sp³-hybridized carbons (Fsp3) is 0.471. The van der Waals surface area contributed by atoms with Crippen molar-refractivity contribution < 1.29 is 33.3 Å². The predicted octanol–water partition coefficient (Wildman–Crippen LogP) is 1.62. The third-order valence-electron chi connectivity index (χ3n) is 3.27. The Balaban J connectivity index is 3.56. The molecule has 0 bridgehead atoms. The highest BCUT2D eigenvalue weighted by molar-refractivity contribution is 6.24. The molecule has 0 aliphatic heterocycles. The summed E-state index contributed by atoms with van der Waals surface area (Å²) >= 11 is 0. The number of benzene rings is 1. The van der Waals surface area contributed by atoms with Crippen molar-refractivity contribution in [1.29, 1.82) is 0 Å². The Morgan fingerprint density at radius 1 is 0.792 bits per heavy atom. The van der Waals surface area contributed by atoms with Gasteiger partial charge in [-0.2, -0.15) is 0 Å². The van der Waals surface area contributed by atoms with E-state index in [1.54, 1.807) is 20.8 Å². The van der Waals surface area contributed by atoms with Crippen LogP contribution >= 0.6 is 0 Å². The van der Waals surface area contributed by atoms with Crippen LogP contribution in [0.3, 0.4) is 0 Å². The maximum Gasteiger partial charge on any atom is 0.339 e. The van der Waals surface area contributed by atoms with Crippen LogP contribution in [0.15, 0.2) is 24.3 Å². The number of hydrogen-bond donors (Lipinski definition) is 0. The lowest BCUT2D eigenvalue weighted by atomic mass is 9.80. The summed E-state index contributed by atoms with van der Waals surface area (Å²) in [5.41, 5.74) is -2.23. The molecule has 7 nitrogen and oxygen atoms in total. The number of ether oxygens (including phenoxy) is 4. The van der Waals surface area contributed by atoms with Gasteiger partial charge in [0.1, 0.15) is 5.75 Å². The molecule has 0 saturated heterocycles. The molecule has 1 aromatic carbocycles. The van der Waals surface area contributed by atoms with E-state index >= 15 is 0 Å². The van der Waals surface area contributed by atoms with E-state index in [-0.39, 0.29) is 25.4 Å². The topological polar surface area (TPSA) is 88.1 Å². The van der Waals surface area contributed by atoms with Gasteiger partial charge >= 0.3 is 17.9 Å². The van der Waals surface area contributed by atoms with Crippen LogP contribution in [0.1, 0.15) is 26.3 Å². The minimum Gasteiger partial charge on any atom is -0.497 e. The highest BCUT2D eigenvalue weighted by atomic mass is 16.6. The fourth-order valence-electron chi connectivity index (χ4n) is 2.16. The number of methoxy groups -OCH3 is 1. The van der Waals surface area contributed by atoms with Crippen molar-refractivity contribution in [2.24, 2.45) is 0 Å². The van der Waals surface area contributed by atoms with E-state index in [0.717, 1.165) is 0 Å². The van der Waals surface area contributed by atoms with Crippen molar-refractivity contribution in [3.63, 3.8) is 0 Å². The maximum atomic E-state index is 12.6. The van der Waals surface area contributed by atoms with E-state index < -0.39 is 23.3 Å². The van der Waals surface area contributed by atoms with Gasteiger partial charge in [0.05, 0.1) is 26.9 Å². The van der Waals surface area contributed by atoms with Crippen molar-refractivity contribution in [2.75, 3.05) is 26.9 Å². The lowest BCUT2D eigenvalue weighted by Gasteiger charge is -2.27. The summed E-state index contributed by atoms with van der Waals surface area (Å²) in [6.07, 6.45) is 0. The molecule has 0 spiro atoms. The highest BCUT2D eigenvalue weighted by Gasteiger charge is 2.59. The molecule has 1 aromatic rings. The van der Waals surface area contributed by atoms with Gasteiger partial charge in [-0.25, -0.2) is 14.4 Å². The number of esters is 3. The lowest BCUT2D eigenvalue weighted by Crippen LogP contribution is -2.53. The van der Waals surface area contributed by atoms with Crippen molar-refractivity contribution in [2.45, 2.75) is 26.2 Å². The van der Waals surface area contributed by atoms with E-state index in [1.165, 1.54) is 31.4 Å². The quantitative estimate of drug-likeness (QED) is 0.404. The number of carbonyl (C=O) groups is 3. The van der Waals surface area contributed by atoms with Gasteiger partial charge in [0, 0.05) is 0 Å². The van der Waals surface area contributed by atoms with Crippen molar-refractivity contribution in [1.82, 2.24) is 0 Å². The largest absolute Gasteiger partial charge is 0.497 e. The van der Waals surface area contributed by atoms with Gasteiger partial charge in [0.2, 0.25) is 0 Å². The molecule has 0 heterocycles. The second-order valence-corrected chi connectivity index (χ2v) is 4.64. The first-order valence-corrected chi connectivity index (χ1v) is 7.65. The minimum atomic E-state index is -2.33. The average molecular weight is 338 g/mol. The summed E-state index contributed by atoms with van der Waals surface area (Å²) in [6, 6.07) is 5.93. The molecule has 0 atom stereocenters. The Morgan fingerprint density at radius 2 is 1.17 bits per heavy atom. The van der Waals surface area contributed by atoms with Crippen LogP contribution in [-0.2, 0) is 34.0 Å². The zero-order chi connectivity index (χ0) is 18.2. The van der Waals surface area contributed by atoms with E-state index in [4.69, 9.17) is 18.9 Å². The van der Waals surface area contributed by atoms with Gasteiger partial charge in [-0.15, -0.1) is 0 Å². The van der Waals surface area contributed by atoms with Crippen LogP contribution in [0.2, 0.25) is 0 Å². The summed E-state index contributed by atoms with van der Waals surface area (Å²) in [4.78, 5) is 37.8. The Bertz CT molecular complexity index is 532. The first kappa shape index (κ1) is 19.5. The molecule has 0 amide bonds. The summed E-state index contributed by atoms with van der Waals surface area (Å²) < 4.78 is 20.0. The average Bonchev–Trinajstić information content (AvgIpc) is 2.57. The molecule has 0 aliphatic rings. The number of rotatable bonds is 8. The molecular formula is C17H22O7. The van der Waals surface area contributed by atoms with E-state index in [2.05, 4.69) is 0 Å². The van der Waals surface area contributed by atoms with Crippen LogP contribution in [0, 0.1) is 0 Å². The highest BCUT2D eigenvalue weighted by Crippen LogP contribution is 2.31. The second-order valence-electron chi connectivity index (χ2n) is 4.64. The molecule has 0 unspecified atom stereocenters. The maximum absolute atomic E-state index is 12.6. The van der Waals surface area contributed by atoms with E-state index in [1.807, 2.05) is 0 Å². The zero-order valence-electron chi connectivity index (χ0n) is 14.3. The van der Waals surface area contributed by atoms with Crippen LogP contribution in [-0.4, -0.2) is 44.8 Å². The molecule has 0 aromatic heterocycles. The molecule has 0 aliphatic carbocycles. The first-order chi connectivity index (χ1) is 11.5. The Hall–Kier alpha value is -2.57. The zero-order valence-corrected chi connectivity index (χ0v) is 14.3. The van der Waals surface area contributed by atoms with Gasteiger partial charge in [-0.3, -0.25) is 0 Å². The van der Waals surface area contributed by atoms with Crippen molar-refractivity contribution in [3.8, 4) is 5.75 Å². The normalized spacial score (nSPS) is 10.7. The lowest BCUT2D eigenvalue weighted by molar-refractivity contribution is -0.175. The van der Waals surface area contributed by atoms with Crippen LogP contribution < -0.4 is 4.74 Å². The molecule has 0 N–H and O–H groups in total. The third-order valence-corrected chi connectivity index (χ3v) is 3.27. The number of hydrogen-bond acceptors (Lipinski definition) is 7. The van der Waals surface area contributed by atoms with Crippen LogP contribution in [0.4, 0.5) is 0 Å².